The molecule has 0 aliphatic heterocycles. The van der Waals surface area contributed by atoms with E-state index in [0.717, 1.165) is 6.42 Å². The van der Waals surface area contributed by atoms with Crippen LogP contribution < -0.4 is 5.73 Å². The molecule has 0 heterocycles. The second kappa shape index (κ2) is 6.92. The van der Waals surface area contributed by atoms with Gasteiger partial charge in [-0.25, -0.2) is 0 Å². The summed E-state index contributed by atoms with van der Waals surface area (Å²) in [6.07, 6.45) is 2.26. The Hall–Kier alpha value is 1.55. The van der Waals surface area contributed by atoms with Gasteiger partial charge in [-0.1, -0.05) is 0 Å². The van der Waals surface area contributed by atoms with Crippen molar-refractivity contribution in [1.82, 2.24) is 0 Å². The summed E-state index contributed by atoms with van der Waals surface area (Å²) in [5, 5.41) is 0. The number of rotatable bonds is 6. The van der Waals surface area contributed by atoms with Gasteiger partial charge < -0.3 is 0 Å². The van der Waals surface area contributed by atoms with Crippen LogP contribution in [0.2, 0.25) is 9.38 Å². The van der Waals surface area contributed by atoms with Crippen molar-refractivity contribution in [3.8, 4) is 0 Å². The molecular weight excluding hydrogens is 345 g/mol. The molecule has 2 unspecified atom stereocenters. The predicted molar refractivity (Wildman–Crippen MR) is 63.2 cm³/mol. The van der Waals surface area contributed by atoms with Gasteiger partial charge in [-0.05, 0) is 0 Å². The fraction of sp³-hybridized carbons (Fsp3) is 1.00. The Labute approximate surface area is 91.2 Å². The third-order valence-corrected chi connectivity index (χ3v) is 12.4. The van der Waals surface area contributed by atoms with Gasteiger partial charge in [0.25, 0.3) is 0 Å². The van der Waals surface area contributed by atoms with Gasteiger partial charge in [0.05, 0.1) is 0 Å². The maximum atomic E-state index is 5.65. The van der Waals surface area contributed by atoms with Crippen molar-refractivity contribution in [3.05, 3.63) is 0 Å². The molecule has 0 aliphatic rings. The number of hydrogen-bond acceptors (Lipinski definition) is 3. The molecule has 0 aromatic heterocycles. The van der Waals surface area contributed by atoms with Gasteiger partial charge in [0.15, 0.2) is 0 Å². The average Bonchev–Trinajstić information content (AvgIpc) is 1.85. The van der Waals surface area contributed by atoms with Crippen LogP contribution in [0.15, 0.2) is 0 Å². The molecule has 2 atom stereocenters. The Balaban J connectivity index is 3.46. The molecular formula is C7H18BrNOSSn. The van der Waals surface area contributed by atoms with Crippen molar-refractivity contribution in [2.45, 2.75) is 35.2 Å². The van der Waals surface area contributed by atoms with Crippen molar-refractivity contribution in [2.75, 3.05) is 5.94 Å². The van der Waals surface area contributed by atoms with Crippen LogP contribution in [-0.4, -0.2) is 28.6 Å². The van der Waals surface area contributed by atoms with Crippen molar-refractivity contribution in [3.63, 3.8) is 0 Å². The molecule has 0 aliphatic carbocycles. The van der Waals surface area contributed by atoms with Crippen molar-refractivity contribution < 1.29 is 3.07 Å². The van der Waals surface area contributed by atoms with E-state index in [-0.39, 0.29) is 0 Å². The first-order chi connectivity index (χ1) is 5.48. The normalized spacial score (nSPS) is 18.8. The van der Waals surface area contributed by atoms with Gasteiger partial charge in [-0.15, -0.1) is 0 Å². The summed E-state index contributed by atoms with van der Waals surface area (Å²) in [6.45, 7) is 2.04. The molecule has 12 heavy (non-hydrogen) atoms. The third kappa shape index (κ3) is 8.16. The Morgan fingerprint density at radius 2 is 2.25 bits per heavy atom. The molecule has 0 aromatic carbocycles. The molecule has 0 bridgehead atoms. The van der Waals surface area contributed by atoms with Crippen LogP contribution in [0.4, 0.5) is 0 Å². The molecule has 74 valence electrons. The topological polar surface area (TPSA) is 35.2 Å². The standard InChI is InChI=1S/C5H12N.CH3OS.CH3.BrH.Sn/c1-3-4-5(2)6;2-1-3;;;/h5H,1,3-4,6H2,2H3;3H,1H2;1H3;1H;/q;-1;;;+2/p-1. The van der Waals surface area contributed by atoms with Crippen LogP contribution >= 0.6 is 25.3 Å². The summed E-state index contributed by atoms with van der Waals surface area (Å²) < 4.78 is 6.74. The third-order valence-electron chi connectivity index (χ3n) is 1.65. The molecule has 0 saturated carbocycles. The fourth-order valence-corrected chi connectivity index (χ4v) is 10.3. The first-order valence-corrected chi connectivity index (χ1v) is 17.2. The fourth-order valence-electron chi connectivity index (χ4n) is 0.947. The monoisotopic (exact) mass is 363 g/mol. The zero-order valence-corrected chi connectivity index (χ0v) is 13.1. The van der Waals surface area contributed by atoms with Crippen LogP contribution in [0.5, 0.6) is 0 Å². The summed E-state index contributed by atoms with van der Waals surface area (Å²) >= 11 is 5.46. The van der Waals surface area contributed by atoms with Gasteiger partial charge in [0.1, 0.15) is 0 Å². The van der Waals surface area contributed by atoms with Crippen molar-refractivity contribution in [1.29, 1.82) is 0 Å². The van der Waals surface area contributed by atoms with Crippen molar-refractivity contribution in [2.24, 2.45) is 5.73 Å². The number of thiol groups is 1. The summed E-state index contributed by atoms with van der Waals surface area (Å²) in [5.74, 6) is 0.538. The second-order valence-corrected chi connectivity index (χ2v) is 23.3. The molecule has 0 spiro atoms. The average molecular weight is 363 g/mol. The second-order valence-electron chi connectivity index (χ2n) is 3.24. The maximum absolute atomic E-state index is 5.65. The van der Waals surface area contributed by atoms with Crippen LogP contribution in [0.3, 0.4) is 0 Å². The molecule has 5 heteroatoms. The molecule has 0 fully saturated rings. The van der Waals surface area contributed by atoms with E-state index in [4.69, 9.17) is 8.81 Å². The number of nitrogens with two attached hydrogens (primary N) is 1. The quantitative estimate of drug-likeness (QED) is 0.432. The van der Waals surface area contributed by atoms with Crippen LogP contribution in [0.1, 0.15) is 19.8 Å². The van der Waals surface area contributed by atoms with Crippen molar-refractivity contribution >= 4 is 41.9 Å². The number of hydrogen-bond donors (Lipinski definition) is 2. The molecule has 2 nitrogen and oxygen atoms in total. The Morgan fingerprint density at radius 3 is 2.67 bits per heavy atom. The van der Waals surface area contributed by atoms with E-state index in [2.05, 4.69) is 30.3 Å². The van der Waals surface area contributed by atoms with Crippen LogP contribution in [0, 0.1) is 0 Å². The number of halogens is 1. The van der Waals surface area contributed by atoms with E-state index in [1.165, 1.54) is 10.9 Å². The van der Waals surface area contributed by atoms with Gasteiger partial charge in [-0.2, -0.15) is 0 Å². The van der Waals surface area contributed by atoms with E-state index < -0.39 is 16.6 Å². The van der Waals surface area contributed by atoms with Gasteiger partial charge in [0, 0.05) is 0 Å². The van der Waals surface area contributed by atoms with E-state index in [9.17, 15) is 0 Å². The minimum absolute atomic E-state index is 0.315. The van der Waals surface area contributed by atoms with E-state index >= 15 is 0 Å². The SMILES string of the molecule is CC(N)CC[CH2][Sn]([CH3])([Br])[O]CS. The van der Waals surface area contributed by atoms with E-state index in [1.54, 1.807) is 0 Å². The minimum atomic E-state index is -2.28. The molecule has 0 radical (unpaired) electrons. The van der Waals surface area contributed by atoms with E-state index in [0.29, 0.717) is 12.0 Å². The molecule has 0 saturated heterocycles. The van der Waals surface area contributed by atoms with Crippen LogP contribution in [-0.2, 0) is 3.07 Å². The first kappa shape index (κ1) is 13.5. The predicted octanol–water partition coefficient (Wildman–Crippen LogP) is 2.48. The first-order valence-electron chi connectivity index (χ1n) is 4.17. The summed E-state index contributed by atoms with van der Waals surface area (Å²) in [7, 11) is 0. The molecule has 0 amide bonds. The zero-order valence-electron chi connectivity index (χ0n) is 7.72. The molecule has 0 rings (SSSR count). The summed E-state index contributed by atoms with van der Waals surface area (Å²) in [4.78, 5) is 2.21. The Morgan fingerprint density at radius 1 is 1.67 bits per heavy atom. The molecule has 2 N–H and O–H groups in total. The van der Waals surface area contributed by atoms with Gasteiger partial charge >= 0.3 is 91.8 Å². The Kier molecular flexibility index (Phi) is 7.82. The molecule has 0 aromatic rings. The zero-order chi connectivity index (χ0) is 9.61. The summed E-state index contributed by atoms with van der Waals surface area (Å²) in [6, 6.07) is 0.315. The van der Waals surface area contributed by atoms with Gasteiger partial charge in [-0.3, -0.25) is 0 Å². The van der Waals surface area contributed by atoms with E-state index in [1.807, 2.05) is 6.92 Å². The Bertz CT molecular complexity index is 124. The summed E-state index contributed by atoms with van der Waals surface area (Å²) in [5.41, 5.74) is 5.65. The van der Waals surface area contributed by atoms with Crippen LogP contribution in [0.25, 0.3) is 0 Å². The van der Waals surface area contributed by atoms with Gasteiger partial charge in [0.2, 0.25) is 0 Å².